The number of nitrogens with zero attached hydrogens (tertiary/aromatic N) is 1. The van der Waals surface area contributed by atoms with Crippen LogP contribution in [0.15, 0.2) is 60.7 Å². The molecule has 0 unspecified atom stereocenters. The molecule has 2 aromatic rings. The van der Waals surface area contributed by atoms with Crippen LogP contribution in [0.2, 0.25) is 0 Å². The quantitative estimate of drug-likeness (QED) is 0.802. The second-order valence-electron chi connectivity index (χ2n) is 5.73. The van der Waals surface area contributed by atoms with Crippen LogP contribution in [-0.4, -0.2) is 24.1 Å². The minimum atomic E-state index is -4.35. The van der Waals surface area contributed by atoms with Gasteiger partial charge in [0.25, 0.3) is 0 Å². The number of halogens is 3. The Balaban J connectivity index is 1.56. The molecule has 1 amide bonds. The van der Waals surface area contributed by atoms with E-state index in [-0.39, 0.29) is 6.61 Å². The largest absolute Gasteiger partial charge is 0.445 e. The van der Waals surface area contributed by atoms with Crippen molar-refractivity contribution in [3.8, 4) is 0 Å². The van der Waals surface area contributed by atoms with E-state index < -0.39 is 17.8 Å². The first kappa shape index (κ1) is 17.1. The fourth-order valence-corrected chi connectivity index (χ4v) is 2.59. The molecule has 1 heterocycles. The minimum absolute atomic E-state index is 0.186. The summed E-state index contributed by atoms with van der Waals surface area (Å²) in [4.78, 5) is 13.6. The fourth-order valence-electron chi connectivity index (χ4n) is 2.59. The monoisotopic (exact) mass is 347 g/mol. The highest BCUT2D eigenvalue weighted by Crippen LogP contribution is 2.30. The molecule has 1 aliphatic heterocycles. The maximum Gasteiger partial charge on any atom is 0.416 e. The highest BCUT2D eigenvalue weighted by atomic mass is 19.4. The molecule has 25 heavy (non-hydrogen) atoms. The Kier molecular flexibility index (Phi) is 4.79. The molecule has 3 rings (SSSR count). The summed E-state index contributed by atoms with van der Waals surface area (Å²) in [6, 6.07) is 14.3. The van der Waals surface area contributed by atoms with Crippen LogP contribution in [0.3, 0.4) is 0 Å². The van der Waals surface area contributed by atoms with Crippen molar-refractivity contribution in [1.82, 2.24) is 4.90 Å². The highest BCUT2D eigenvalue weighted by molar-refractivity contribution is 5.77. The van der Waals surface area contributed by atoms with Gasteiger partial charge in [-0.25, -0.2) is 4.79 Å². The van der Waals surface area contributed by atoms with Crippen LogP contribution >= 0.6 is 0 Å². The van der Waals surface area contributed by atoms with Crippen molar-refractivity contribution < 1.29 is 22.7 Å². The SMILES string of the molecule is O=C(OCc1ccccc1)N1CC=C(c2ccc(C(F)(F)F)cc2)C1. The van der Waals surface area contributed by atoms with Gasteiger partial charge in [-0.15, -0.1) is 0 Å². The first-order valence-corrected chi connectivity index (χ1v) is 7.76. The van der Waals surface area contributed by atoms with Gasteiger partial charge in [0.1, 0.15) is 6.61 Å². The normalized spacial score (nSPS) is 14.4. The third-order valence-electron chi connectivity index (χ3n) is 3.97. The minimum Gasteiger partial charge on any atom is -0.445 e. The highest BCUT2D eigenvalue weighted by Gasteiger charge is 2.30. The number of ether oxygens (including phenoxy) is 1. The van der Waals surface area contributed by atoms with Crippen molar-refractivity contribution >= 4 is 11.7 Å². The fraction of sp³-hybridized carbons (Fsp3) is 0.211. The summed E-state index contributed by atoms with van der Waals surface area (Å²) < 4.78 is 43.1. The van der Waals surface area contributed by atoms with Gasteiger partial charge in [-0.05, 0) is 28.8 Å². The molecule has 130 valence electrons. The Hall–Kier alpha value is -2.76. The first-order valence-electron chi connectivity index (χ1n) is 7.76. The standard InChI is InChI=1S/C19H16F3NO2/c20-19(21,22)17-8-6-15(7-9-17)16-10-11-23(12-16)18(24)25-13-14-4-2-1-3-5-14/h1-10H,11-13H2. The predicted octanol–water partition coefficient (Wildman–Crippen LogP) is 4.74. The number of hydrogen-bond donors (Lipinski definition) is 0. The zero-order valence-corrected chi connectivity index (χ0v) is 13.3. The van der Waals surface area contributed by atoms with Gasteiger partial charge in [0, 0.05) is 13.1 Å². The molecule has 0 saturated heterocycles. The molecule has 0 fully saturated rings. The molecule has 0 spiro atoms. The molecule has 1 aliphatic rings. The lowest BCUT2D eigenvalue weighted by Crippen LogP contribution is -2.29. The second-order valence-corrected chi connectivity index (χ2v) is 5.73. The molecular weight excluding hydrogens is 331 g/mol. The van der Waals surface area contributed by atoms with Gasteiger partial charge < -0.3 is 9.64 Å². The van der Waals surface area contributed by atoms with Gasteiger partial charge in [0.2, 0.25) is 0 Å². The van der Waals surface area contributed by atoms with Crippen molar-refractivity contribution in [1.29, 1.82) is 0 Å². The van der Waals surface area contributed by atoms with Gasteiger partial charge in [0.15, 0.2) is 0 Å². The number of benzene rings is 2. The van der Waals surface area contributed by atoms with Crippen molar-refractivity contribution in [3.05, 3.63) is 77.4 Å². The second kappa shape index (κ2) is 7.01. The van der Waals surface area contributed by atoms with Gasteiger partial charge in [-0.3, -0.25) is 0 Å². The molecular formula is C19H16F3NO2. The van der Waals surface area contributed by atoms with Gasteiger partial charge >= 0.3 is 12.3 Å². The zero-order valence-electron chi connectivity index (χ0n) is 13.3. The zero-order chi connectivity index (χ0) is 17.9. The Morgan fingerprint density at radius 3 is 2.36 bits per heavy atom. The molecule has 2 aromatic carbocycles. The summed E-state index contributed by atoms with van der Waals surface area (Å²) in [6.07, 6.45) is -2.97. The average Bonchev–Trinajstić information content (AvgIpc) is 3.10. The third-order valence-corrected chi connectivity index (χ3v) is 3.97. The van der Waals surface area contributed by atoms with E-state index in [2.05, 4.69) is 0 Å². The summed E-state index contributed by atoms with van der Waals surface area (Å²) in [5.41, 5.74) is 1.69. The molecule has 0 bridgehead atoms. The number of amides is 1. The van der Waals surface area contributed by atoms with Crippen molar-refractivity contribution in [2.75, 3.05) is 13.1 Å². The van der Waals surface area contributed by atoms with Gasteiger partial charge in [0.05, 0.1) is 5.56 Å². The first-order chi connectivity index (χ1) is 11.9. The van der Waals surface area contributed by atoms with E-state index in [4.69, 9.17) is 4.74 Å². The molecule has 0 saturated carbocycles. The number of carbonyl (C=O) groups excluding carboxylic acids is 1. The molecule has 0 atom stereocenters. The van der Waals surface area contributed by atoms with E-state index in [0.29, 0.717) is 18.7 Å². The van der Waals surface area contributed by atoms with Crippen molar-refractivity contribution in [3.63, 3.8) is 0 Å². The van der Waals surface area contributed by atoms with E-state index >= 15 is 0 Å². The topological polar surface area (TPSA) is 29.5 Å². The molecule has 0 aromatic heterocycles. The Morgan fingerprint density at radius 1 is 1.04 bits per heavy atom. The lowest BCUT2D eigenvalue weighted by molar-refractivity contribution is -0.137. The Bertz CT molecular complexity index is 768. The molecule has 6 heteroatoms. The molecule has 3 nitrogen and oxygen atoms in total. The van der Waals surface area contributed by atoms with Gasteiger partial charge in [-0.1, -0.05) is 48.5 Å². The average molecular weight is 347 g/mol. The summed E-state index contributed by atoms with van der Waals surface area (Å²) >= 11 is 0. The summed E-state index contributed by atoms with van der Waals surface area (Å²) in [5, 5.41) is 0. The number of alkyl halides is 3. The van der Waals surface area contributed by atoms with E-state index in [1.807, 2.05) is 36.4 Å². The Labute approximate surface area is 143 Å². The van der Waals surface area contributed by atoms with Crippen LogP contribution in [0.1, 0.15) is 16.7 Å². The molecule has 0 radical (unpaired) electrons. The molecule has 0 aliphatic carbocycles. The van der Waals surface area contributed by atoms with E-state index in [0.717, 1.165) is 23.3 Å². The van der Waals surface area contributed by atoms with Crippen LogP contribution < -0.4 is 0 Å². The van der Waals surface area contributed by atoms with E-state index in [1.165, 1.54) is 17.0 Å². The number of carbonyl (C=O) groups is 1. The maximum atomic E-state index is 12.6. The summed E-state index contributed by atoms with van der Waals surface area (Å²) in [7, 11) is 0. The van der Waals surface area contributed by atoms with Crippen molar-refractivity contribution in [2.24, 2.45) is 0 Å². The lowest BCUT2D eigenvalue weighted by Gasteiger charge is -2.16. The maximum absolute atomic E-state index is 12.6. The van der Waals surface area contributed by atoms with Crippen LogP contribution in [0, 0.1) is 0 Å². The van der Waals surface area contributed by atoms with E-state index in [1.54, 1.807) is 0 Å². The number of hydrogen-bond acceptors (Lipinski definition) is 2. The van der Waals surface area contributed by atoms with Gasteiger partial charge in [-0.2, -0.15) is 13.2 Å². The predicted molar refractivity (Wildman–Crippen MR) is 87.6 cm³/mol. The summed E-state index contributed by atoms with van der Waals surface area (Å²) in [5.74, 6) is 0. The molecule has 0 N–H and O–H groups in total. The van der Waals surface area contributed by atoms with Crippen LogP contribution in [-0.2, 0) is 17.5 Å². The Morgan fingerprint density at radius 2 is 1.72 bits per heavy atom. The van der Waals surface area contributed by atoms with Crippen LogP contribution in [0.5, 0.6) is 0 Å². The number of rotatable bonds is 3. The lowest BCUT2D eigenvalue weighted by atomic mass is 10.0. The van der Waals surface area contributed by atoms with Crippen molar-refractivity contribution in [2.45, 2.75) is 12.8 Å². The van der Waals surface area contributed by atoms with Crippen LogP contribution in [0.4, 0.5) is 18.0 Å². The summed E-state index contributed by atoms with van der Waals surface area (Å²) in [6.45, 7) is 0.884. The van der Waals surface area contributed by atoms with E-state index in [9.17, 15) is 18.0 Å². The smallest absolute Gasteiger partial charge is 0.416 e. The third kappa shape index (κ3) is 4.21. The van der Waals surface area contributed by atoms with Crippen LogP contribution in [0.25, 0.3) is 5.57 Å².